The Morgan fingerprint density at radius 3 is 2.21 bits per heavy atom. The van der Waals surface area contributed by atoms with E-state index in [1.165, 1.54) is 11.8 Å². The van der Waals surface area contributed by atoms with E-state index in [0.717, 1.165) is 11.1 Å². The first-order valence-electron chi connectivity index (χ1n) is 9.80. The number of carbonyl (C=O) groups excluding carboxylic acids is 2. The molecule has 0 spiro atoms. The van der Waals surface area contributed by atoms with Crippen molar-refractivity contribution in [3.05, 3.63) is 71.8 Å². The fourth-order valence-corrected chi connectivity index (χ4v) is 3.82. The quantitative estimate of drug-likeness (QED) is 0.782. The number of hydrogen-bond acceptors (Lipinski definition) is 3. The summed E-state index contributed by atoms with van der Waals surface area (Å²) in [6, 6.07) is 19.2. The number of rotatable bonds is 7. The lowest BCUT2D eigenvalue weighted by atomic mass is 9.89. The van der Waals surface area contributed by atoms with Gasteiger partial charge in [-0.3, -0.25) is 14.4 Å². The summed E-state index contributed by atoms with van der Waals surface area (Å²) in [5.41, 5.74) is 2.02. The van der Waals surface area contributed by atoms with Gasteiger partial charge in [-0.2, -0.15) is 0 Å². The molecule has 2 atom stereocenters. The van der Waals surface area contributed by atoms with Crippen LogP contribution >= 0.6 is 0 Å². The van der Waals surface area contributed by atoms with E-state index in [2.05, 4.69) is 0 Å². The van der Waals surface area contributed by atoms with E-state index in [1.54, 1.807) is 4.90 Å². The van der Waals surface area contributed by atoms with Crippen LogP contribution in [0.5, 0.6) is 0 Å². The Balaban J connectivity index is 1.65. The summed E-state index contributed by atoms with van der Waals surface area (Å²) in [5.74, 6) is -2.16. The maximum Gasteiger partial charge on any atom is 0.308 e. The first kappa shape index (κ1) is 20.6. The molecule has 6 heteroatoms. The number of hydrogen-bond donors (Lipinski definition) is 1. The zero-order valence-electron chi connectivity index (χ0n) is 16.5. The summed E-state index contributed by atoms with van der Waals surface area (Å²) in [4.78, 5) is 39.7. The summed E-state index contributed by atoms with van der Waals surface area (Å²) in [6.45, 7) is 2.39. The van der Waals surface area contributed by atoms with Crippen LogP contribution in [-0.2, 0) is 20.8 Å². The van der Waals surface area contributed by atoms with Crippen LogP contribution in [0.2, 0.25) is 0 Å². The van der Waals surface area contributed by atoms with E-state index in [0.29, 0.717) is 19.5 Å². The van der Waals surface area contributed by atoms with Gasteiger partial charge in [0.2, 0.25) is 11.8 Å². The lowest BCUT2D eigenvalue weighted by Gasteiger charge is -2.24. The number of nitrogens with zero attached hydrogens (tertiary/aromatic N) is 2. The van der Waals surface area contributed by atoms with Gasteiger partial charge in [0, 0.05) is 32.5 Å². The molecule has 2 aromatic rings. The molecule has 1 aliphatic rings. The highest BCUT2D eigenvalue weighted by Crippen LogP contribution is 2.33. The molecular formula is C23H26N2O4. The van der Waals surface area contributed by atoms with Gasteiger partial charge in [-0.1, -0.05) is 60.7 Å². The molecule has 3 rings (SSSR count). The van der Waals surface area contributed by atoms with E-state index in [4.69, 9.17) is 0 Å². The minimum Gasteiger partial charge on any atom is -0.481 e. The molecular weight excluding hydrogens is 368 g/mol. The second-order valence-electron chi connectivity index (χ2n) is 7.44. The standard InChI is InChI=1S/C23H26N2O4/c1-17(26)24(13-12-18-8-4-2-5-9-18)16-22(27)25-14-20(21(15-25)23(28)29)19-10-6-3-7-11-19/h2-11,20-21H,12-16H2,1H3,(H,28,29). The van der Waals surface area contributed by atoms with Crippen molar-refractivity contribution in [1.82, 2.24) is 9.80 Å². The van der Waals surface area contributed by atoms with Gasteiger partial charge < -0.3 is 14.9 Å². The van der Waals surface area contributed by atoms with Crippen molar-refractivity contribution in [1.29, 1.82) is 0 Å². The molecule has 0 radical (unpaired) electrons. The molecule has 2 aromatic carbocycles. The second-order valence-corrected chi connectivity index (χ2v) is 7.44. The molecule has 29 heavy (non-hydrogen) atoms. The highest BCUT2D eigenvalue weighted by molar-refractivity contribution is 5.85. The summed E-state index contributed by atoms with van der Waals surface area (Å²) < 4.78 is 0. The maximum absolute atomic E-state index is 12.9. The predicted molar refractivity (Wildman–Crippen MR) is 109 cm³/mol. The van der Waals surface area contributed by atoms with Crippen molar-refractivity contribution in [2.45, 2.75) is 19.3 Å². The van der Waals surface area contributed by atoms with Crippen molar-refractivity contribution in [3.8, 4) is 0 Å². The fourth-order valence-electron chi connectivity index (χ4n) is 3.82. The summed E-state index contributed by atoms with van der Waals surface area (Å²) in [6.07, 6.45) is 0.665. The van der Waals surface area contributed by atoms with Crippen molar-refractivity contribution >= 4 is 17.8 Å². The van der Waals surface area contributed by atoms with E-state index in [9.17, 15) is 19.5 Å². The van der Waals surface area contributed by atoms with Crippen LogP contribution in [-0.4, -0.2) is 58.9 Å². The van der Waals surface area contributed by atoms with Gasteiger partial charge in [-0.15, -0.1) is 0 Å². The summed E-state index contributed by atoms with van der Waals surface area (Å²) in [7, 11) is 0. The number of benzene rings is 2. The van der Waals surface area contributed by atoms with E-state index in [-0.39, 0.29) is 30.8 Å². The molecule has 6 nitrogen and oxygen atoms in total. The zero-order chi connectivity index (χ0) is 20.8. The fraction of sp³-hybridized carbons (Fsp3) is 0.348. The molecule has 1 heterocycles. The Hall–Kier alpha value is -3.15. The Kier molecular flexibility index (Phi) is 6.65. The molecule has 0 bridgehead atoms. The third-order valence-electron chi connectivity index (χ3n) is 5.50. The average Bonchev–Trinajstić information content (AvgIpc) is 3.18. The summed E-state index contributed by atoms with van der Waals surface area (Å²) >= 11 is 0. The highest BCUT2D eigenvalue weighted by atomic mass is 16.4. The van der Waals surface area contributed by atoms with Crippen LogP contribution in [0.15, 0.2) is 60.7 Å². The summed E-state index contributed by atoms with van der Waals surface area (Å²) in [5, 5.41) is 9.62. The van der Waals surface area contributed by atoms with Crippen molar-refractivity contribution in [2.24, 2.45) is 5.92 Å². The first-order chi connectivity index (χ1) is 14.0. The number of carbonyl (C=O) groups is 3. The smallest absolute Gasteiger partial charge is 0.308 e. The monoisotopic (exact) mass is 394 g/mol. The van der Waals surface area contributed by atoms with Crippen LogP contribution < -0.4 is 0 Å². The van der Waals surface area contributed by atoms with Crippen molar-refractivity contribution in [2.75, 3.05) is 26.2 Å². The van der Waals surface area contributed by atoms with Crippen LogP contribution in [0.3, 0.4) is 0 Å². The van der Waals surface area contributed by atoms with Gasteiger partial charge in [0.05, 0.1) is 12.5 Å². The number of carboxylic acid groups (broad SMARTS) is 1. The largest absolute Gasteiger partial charge is 0.481 e. The molecule has 2 amide bonds. The van der Waals surface area contributed by atoms with Gasteiger partial charge in [-0.05, 0) is 17.5 Å². The maximum atomic E-state index is 12.9. The Bertz CT molecular complexity index is 854. The molecule has 1 N–H and O–H groups in total. The lowest BCUT2D eigenvalue weighted by molar-refractivity contribution is -0.142. The number of carboxylic acids is 1. The number of aliphatic carboxylic acids is 1. The van der Waals surface area contributed by atoms with E-state index < -0.39 is 11.9 Å². The predicted octanol–water partition coefficient (Wildman–Crippen LogP) is 2.40. The second kappa shape index (κ2) is 9.37. The van der Waals surface area contributed by atoms with Crippen LogP contribution in [0.25, 0.3) is 0 Å². The lowest BCUT2D eigenvalue weighted by Crippen LogP contribution is -2.42. The van der Waals surface area contributed by atoms with E-state index in [1.807, 2.05) is 60.7 Å². The van der Waals surface area contributed by atoms with E-state index >= 15 is 0 Å². The molecule has 0 aliphatic carbocycles. The molecule has 2 unspecified atom stereocenters. The van der Waals surface area contributed by atoms with Crippen LogP contribution in [0.1, 0.15) is 24.0 Å². The van der Waals surface area contributed by atoms with Crippen molar-refractivity contribution in [3.63, 3.8) is 0 Å². The first-order valence-corrected chi connectivity index (χ1v) is 9.80. The number of likely N-dealkylation sites (tertiary alicyclic amines) is 1. The normalized spacial score (nSPS) is 18.4. The molecule has 152 valence electrons. The van der Waals surface area contributed by atoms with Crippen LogP contribution in [0, 0.1) is 5.92 Å². The molecule has 1 fully saturated rings. The third kappa shape index (κ3) is 5.22. The van der Waals surface area contributed by atoms with Gasteiger partial charge in [0.1, 0.15) is 0 Å². The average molecular weight is 394 g/mol. The minimum atomic E-state index is -0.901. The van der Waals surface area contributed by atoms with Gasteiger partial charge >= 0.3 is 5.97 Å². The topological polar surface area (TPSA) is 77.9 Å². The Morgan fingerprint density at radius 1 is 1.00 bits per heavy atom. The molecule has 1 aliphatic heterocycles. The van der Waals surface area contributed by atoms with Gasteiger partial charge in [-0.25, -0.2) is 0 Å². The SMILES string of the molecule is CC(=O)N(CCc1ccccc1)CC(=O)N1CC(C(=O)O)C(c2ccccc2)C1. The minimum absolute atomic E-state index is 0.0317. The zero-order valence-corrected chi connectivity index (χ0v) is 16.5. The Labute approximate surface area is 170 Å². The Morgan fingerprint density at radius 2 is 1.62 bits per heavy atom. The third-order valence-corrected chi connectivity index (χ3v) is 5.50. The molecule has 1 saturated heterocycles. The molecule has 0 saturated carbocycles. The molecule has 0 aromatic heterocycles. The highest BCUT2D eigenvalue weighted by Gasteiger charge is 2.40. The van der Waals surface area contributed by atoms with Gasteiger partial charge in [0.15, 0.2) is 0 Å². The number of amides is 2. The van der Waals surface area contributed by atoms with Crippen LogP contribution in [0.4, 0.5) is 0 Å². The van der Waals surface area contributed by atoms with Crippen molar-refractivity contribution < 1.29 is 19.5 Å². The van der Waals surface area contributed by atoms with Gasteiger partial charge in [0.25, 0.3) is 0 Å².